The van der Waals surface area contributed by atoms with E-state index in [0.717, 1.165) is 49.5 Å². The van der Waals surface area contributed by atoms with Crippen molar-refractivity contribution in [1.29, 1.82) is 0 Å². The molecule has 1 atom stereocenters. The molecular weight excluding hydrogens is 268 g/mol. The highest BCUT2D eigenvalue weighted by Crippen LogP contribution is 2.43. The minimum Gasteiger partial charge on any atom is -0.486 e. The summed E-state index contributed by atoms with van der Waals surface area (Å²) in [7, 11) is 0. The number of fused-ring (bicyclic) bond motifs is 1. The summed E-state index contributed by atoms with van der Waals surface area (Å²) in [6.45, 7) is 3.66. The number of benzene rings is 1. The molecular formula is C16H20N2O3. The number of hydrogen-bond donors (Lipinski definition) is 1. The molecule has 0 bridgehead atoms. The third kappa shape index (κ3) is 2.16. The van der Waals surface area contributed by atoms with Crippen molar-refractivity contribution in [3.63, 3.8) is 0 Å². The Hall–Kier alpha value is -1.75. The lowest BCUT2D eigenvalue weighted by Gasteiger charge is -2.34. The van der Waals surface area contributed by atoms with Gasteiger partial charge in [-0.25, -0.2) is 0 Å². The van der Waals surface area contributed by atoms with E-state index in [1.54, 1.807) is 0 Å². The summed E-state index contributed by atoms with van der Waals surface area (Å²) in [6.07, 6.45) is 2.06. The number of likely N-dealkylation sites (tertiary alicyclic amines) is 1. The van der Waals surface area contributed by atoms with Crippen LogP contribution in [-0.2, 0) is 4.79 Å². The monoisotopic (exact) mass is 288 g/mol. The largest absolute Gasteiger partial charge is 0.486 e. The van der Waals surface area contributed by atoms with Gasteiger partial charge in [-0.3, -0.25) is 4.79 Å². The first-order chi connectivity index (χ1) is 10.3. The van der Waals surface area contributed by atoms with Crippen LogP contribution in [0, 0.1) is 5.92 Å². The molecule has 3 heterocycles. The lowest BCUT2D eigenvalue weighted by Crippen LogP contribution is -2.51. The standard InChI is InChI=1S/C16H20N2O3/c19-16(11-9-17-10-11)18-6-2-4-13(18)12-3-1-5-14-15(12)21-8-7-20-14/h1,3,5,11,13,17H,2,4,6-10H2. The number of rotatable bonds is 2. The van der Waals surface area contributed by atoms with Crippen molar-refractivity contribution in [2.24, 2.45) is 5.92 Å². The molecule has 0 aromatic heterocycles. The summed E-state index contributed by atoms with van der Waals surface area (Å²) in [4.78, 5) is 14.6. The lowest BCUT2D eigenvalue weighted by molar-refractivity contribution is -0.138. The fourth-order valence-electron chi connectivity index (χ4n) is 3.41. The van der Waals surface area contributed by atoms with Gasteiger partial charge in [-0.05, 0) is 18.9 Å². The van der Waals surface area contributed by atoms with Crippen molar-refractivity contribution < 1.29 is 14.3 Å². The minimum absolute atomic E-state index is 0.134. The Morgan fingerprint density at radius 3 is 2.90 bits per heavy atom. The van der Waals surface area contributed by atoms with Crippen molar-refractivity contribution in [2.75, 3.05) is 32.8 Å². The van der Waals surface area contributed by atoms with Crippen molar-refractivity contribution >= 4 is 5.91 Å². The van der Waals surface area contributed by atoms with E-state index in [9.17, 15) is 4.79 Å². The summed E-state index contributed by atoms with van der Waals surface area (Å²) in [6, 6.07) is 6.14. The van der Waals surface area contributed by atoms with Crippen LogP contribution in [0.2, 0.25) is 0 Å². The van der Waals surface area contributed by atoms with E-state index in [0.29, 0.717) is 13.2 Å². The van der Waals surface area contributed by atoms with Gasteiger partial charge in [0.15, 0.2) is 11.5 Å². The van der Waals surface area contributed by atoms with Crippen molar-refractivity contribution in [1.82, 2.24) is 10.2 Å². The highest BCUT2D eigenvalue weighted by molar-refractivity contribution is 5.81. The first-order valence-corrected chi connectivity index (χ1v) is 7.74. The summed E-state index contributed by atoms with van der Waals surface area (Å²) in [5.74, 6) is 2.08. The molecule has 5 nitrogen and oxygen atoms in total. The molecule has 0 aliphatic carbocycles. The molecule has 0 saturated carbocycles. The fourth-order valence-corrected chi connectivity index (χ4v) is 3.41. The van der Waals surface area contributed by atoms with Crippen molar-refractivity contribution in [3.05, 3.63) is 23.8 Å². The van der Waals surface area contributed by atoms with Gasteiger partial charge < -0.3 is 19.7 Å². The van der Waals surface area contributed by atoms with E-state index in [4.69, 9.17) is 9.47 Å². The average Bonchev–Trinajstić information content (AvgIpc) is 2.94. The Labute approximate surface area is 124 Å². The second-order valence-electron chi connectivity index (χ2n) is 5.92. The molecule has 0 radical (unpaired) electrons. The van der Waals surface area contributed by atoms with Gasteiger partial charge in [-0.15, -0.1) is 0 Å². The van der Waals surface area contributed by atoms with Crippen molar-refractivity contribution in [2.45, 2.75) is 18.9 Å². The van der Waals surface area contributed by atoms with Crippen LogP contribution in [0.5, 0.6) is 11.5 Å². The van der Waals surface area contributed by atoms with Crippen LogP contribution in [0.3, 0.4) is 0 Å². The molecule has 5 heteroatoms. The van der Waals surface area contributed by atoms with Gasteiger partial charge in [-0.1, -0.05) is 12.1 Å². The number of para-hydroxylation sites is 1. The fraction of sp³-hybridized carbons (Fsp3) is 0.562. The molecule has 1 amide bonds. The topological polar surface area (TPSA) is 50.8 Å². The maximum atomic E-state index is 12.6. The van der Waals surface area contributed by atoms with Crippen LogP contribution in [0.4, 0.5) is 0 Å². The normalized spacial score (nSPS) is 24.8. The molecule has 21 heavy (non-hydrogen) atoms. The molecule has 1 aromatic carbocycles. The third-order valence-corrected chi connectivity index (χ3v) is 4.62. The van der Waals surface area contributed by atoms with E-state index < -0.39 is 0 Å². The second kappa shape index (κ2) is 5.22. The van der Waals surface area contributed by atoms with Gasteiger partial charge in [0.1, 0.15) is 13.2 Å². The second-order valence-corrected chi connectivity index (χ2v) is 5.92. The Morgan fingerprint density at radius 2 is 2.10 bits per heavy atom. The number of carbonyl (C=O) groups excluding carboxylic acids is 1. The lowest BCUT2D eigenvalue weighted by atomic mass is 9.98. The summed E-state index contributed by atoms with van der Waals surface area (Å²) in [5, 5.41) is 3.18. The van der Waals surface area contributed by atoms with Crippen LogP contribution >= 0.6 is 0 Å². The summed E-state index contributed by atoms with van der Waals surface area (Å²) < 4.78 is 11.5. The van der Waals surface area contributed by atoms with Crippen LogP contribution in [0.15, 0.2) is 18.2 Å². The first-order valence-electron chi connectivity index (χ1n) is 7.74. The number of nitrogens with one attached hydrogen (secondary N) is 1. The van der Waals surface area contributed by atoms with Gasteiger partial charge in [-0.2, -0.15) is 0 Å². The number of amides is 1. The van der Waals surface area contributed by atoms with Crippen molar-refractivity contribution in [3.8, 4) is 11.5 Å². The highest BCUT2D eigenvalue weighted by Gasteiger charge is 2.37. The predicted molar refractivity (Wildman–Crippen MR) is 77.5 cm³/mol. The van der Waals surface area contributed by atoms with E-state index >= 15 is 0 Å². The van der Waals surface area contributed by atoms with Crippen LogP contribution in [0.1, 0.15) is 24.4 Å². The van der Waals surface area contributed by atoms with Gasteiger partial charge in [0.2, 0.25) is 5.91 Å². The smallest absolute Gasteiger partial charge is 0.228 e. The molecule has 2 fully saturated rings. The minimum atomic E-state index is 0.134. The predicted octanol–water partition coefficient (Wildman–Crippen LogP) is 1.34. The van der Waals surface area contributed by atoms with E-state index in [-0.39, 0.29) is 17.9 Å². The van der Waals surface area contributed by atoms with Crippen LogP contribution < -0.4 is 14.8 Å². The van der Waals surface area contributed by atoms with Gasteiger partial charge >= 0.3 is 0 Å². The molecule has 1 N–H and O–H groups in total. The number of ether oxygens (including phenoxy) is 2. The zero-order valence-electron chi connectivity index (χ0n) is 12.0. The van der Waals surface area contributed by atoms with Crippen LogP contribution in [-0.4, -0.2) is 43.7 Å². The quantitative estimate of drug-likeness (QED) is 0.892. The molecule has 1 aromatic rings. The van der Waals surface area contributed by atoms with Gasteiger partial charge in [0.25, 0.3) is 0 Å². The van der Waals surface area contributed by atoms with Gasteiger partial charge in [0.05, 0.1) is 12.0 Å². The zero-order chi connectivity index (χ0) is 14.2. The third-order valence-electron chi connectivity index (χ3n) is 4.62. The molecule has 3 aliphatic rings. The SMILES string of the molecule is O=C(C1CNC1)N1CCCC1c1cccc2c1OCCO2. The molecule has 1 unspecified atom stereocenters. The number of hydrogen-bond acceptors (Lipinski definition) is 4. The summed E-state index contributed by atoms with van der Waals surface area (Å²) >= 11 is 0. The first kappa shape index (κ1) is 13.0. The molecule has 4 rings (SSSR count). The number of nitrogens with zero attached hydrogens (tertiary/aromatic N) is 1. The zero-order valence-corrected chi connectivity index (χ0v) is 12.0. The Bertz CT molecular complexity index is 556. The average molecular weight is 288 g/mol. The highest BCUT2D eigenvalue weighted by atomic mass is 16.6. The van der Waals surface area contributed by atoms with E-state index in [1.807, 2.05) is 17.0 Å². The van der Waals surface area contributed by atoms with Crippen LogP contribution in [0.25, 0.3) is 0 Å². The molecule has 3 aliphatic heterocycles. The molecule has 112 valence electrons. The maximum Gasteiger partial charge on any atom is 0.228 e. The van der Waals surface area contributed by atoms with E-state index in [2.05, 4.69) is 11.4 Å². The molecule has 2 saturated heterocycles. The number of carbonyl (C=O) groups is 1. The molecule has 0 spiro atoms. The Kier molecular flexibility index (Phi) is 3.22. The van der Waals surface area contributed by atoms with E-state index in [1.165, 1.54) is 0 Å². The maximum absolute atomic E-state index is 12.6. The van der Waals surface area contributed by atoms with Gasteiger partial charge in [0, 0.05) is 25.2 Å². The Morgan fingerprint density at radius 1 is 1.24 bits per heavy atom. The summed E-state index contributed by atoms with van der Waals surface area (Å²) in [5.41, 5.74) is 1.10. The Balaban J connectivity index is 1.64.